The number of hydrogen-bond donors (Lipinski definition) is 2. The first-order chi connectivity index (χ1) is 8.81. The van der Waals surface area contributed by atoms with Crippen molar-refractivity contribution in [3.8, 4) is 0 Å². The first-order valence-electron chi connectivity index (χ1n) is 7.08. The number of carbonyl (C=O) groups excluding carboxylic acids is 1. The molecule has 1 aliphatic carbocycles. The van der Waals surface area contributed by atoms with Crippen LogP contribution in [0.3, 0.4) is 0 Å². The van der Waals surface area contributed by atoms with Crippen LogP contribution in [-0.2, 0) is 14.6 Å². The number of sulfone groups is 1. The van der Waals surface area contributed by atoms with Crippen molar-refractivity contribution in [3.05, 3.63) is 0 Å². The van der Waals surface area contributed by atoms with Crippen molar-refractivity contribution in [2.24, 2.45) is 17.6 Å². The topological polar surface area (TPSA) is 89.3 Å². The van der Waals surface area contributed by atoms with Crippen molar-refractivity contribution >= 4 is 15.7 Å². The van der Waals surface area contributed by atoms with E-state index in [1.54, 1.807) is 0 Å². The highest BCUT2D eigenvalue weighted by atomic mass is 32.2. The fraction of sp³-hybridized carbons (Fsp3) is 0.923. The number of carbonyl (C=O) groups is 1. The number of hydrogen-bond acceptors (Lipinski definition) is 4. The molecule has 0 bridgehead atoms. The minimum Gasteiger partial charge on any atom is -0.354 e. The fourth-order valence-corrected chi connectivity index (χ4v) is 5.11. The van der Waals surface area contributed by atoms with Crippen LogP contribution in [0.4, 0.5) is 0 Å². The summed E-state index contributed by atoms with van der Waals surface area (Å²) in [5.74, 6) is 0.873. The van der Waals surface area contributed by atoms with E-state index in [-0.39, 0.29) is 23.3 Å². The third kappa shape index (κ3) is 3.69. The minimum absolute atomic E-state index is 0.0542. The van der Waals surface area contributed by atoms with Crippen LogP contribution < -0.4 is 11.1 Å². The summed E-state index contributed by atoms with van der Waals surface area (Å²) in [7, 11) is -2.87. The van der Waals surface area contributed by atoms with Crippen LogP contribution >= 0.6 is 0 Å². The maximum atomic E-state index is 12.2. The zero-order chi connectivity index (χ0) is 14.1. The first kappa shape index (κ1) is 14.8. The summed E-state index contributed by atoms with van der Waals surface area (Å²) in [4.78, 5) is 12.2. The summed E-state index contributed by atoms with van der Waals surface area (Å²) in [6.45, 7) is 2.56. The Bertz CT molecular complexity index is 449. The van der Waals surface area contributed by atoms with Gasteiger partial charge in [-0.1, -0.05) is 19.8 Å². The number of nitrogens with one attached hydrogen (secondary N) is 1. The molecule has 6 heteroatoms. The van der Waals surface area contributed by atoms with Gasteiger partial charge in [0.15, 0.2) is 9.84 Å². The van der Waals surface area contributed by atoms with Crippen molar-refractivity contribution in [2.45, 2.75) is 44.6 Å². The van der Waals surface area contributed by atoms with Crippen molar-refractivity contribution < 1.29 is 13.2 Å². The number of amides is 1. The summed E-state index contributed by atoms with van der Waals surface area (Å²) >= 11 is 0. The summed E-state index contributed by atoms with van der Waals surface area (Å²) in [6.07, 6.45) is 4.22. The predicted molar refractivity (Wildman–Crippen MR) is 74.3 cm³/mol. The van der Waals surface area contributed by atoms with Gasteiger partial charge >= 0.3 is 0 Å². The van der Waals surface area contributed by atoms with Crippen LogP contribution in [0.5, 0.6) is 0 Å². The van der Waals surface area contributed by atoms with Gasteiger partial charge in [-0.15, -0.1) is 0 Å². The van der Waals surface area contributed by atoms with Crippen molar-refractivity contribution in [1.29, 1.82) is 0 Å². The van der Waals surface area contributed by atoms with E-state index in [1.165, 1.54) is 0 Å². The molecule has 1 aliphatic heterocycles. The molecule has 0 aromatic carbocycles. The van der Waals surface area contributed by atoms with Gasteiger partial charge in [-0.3, -0.25) is 4.79 Å². The van der Waals surface area contributed by atoms with Gasteiger partial charge in [-0.25, -0.2) is 8.42 Å². The highest BCUT2D eigenvalue weighted by Gasteiger charge is 2.38. The maximum absolute atomic E-state index is 12.2. The highest BCUT2D eigenvalue weighted by Crippen LogP contribution is 2.30. The molecule has 1 saturated heterocycles. The fourth-order valence-electron chi connectivity index (χ4n) is 3.24. The Labute approximate surface area is 115 Å². The third-order valence-electron chi connectivity index (χ3n) is 4.36. The Morgan fingerprint density at radius 3 is 2.74 bits per heavy atom. The molecular formula is C13H24N2O3S. The molecular weight excluding hydrogens is 264 g/mol. The lowest BCUT2D eigenvalue weighted by Crippen LogP contribution is -2.56. The van der Waals surface area contributed by atoms with Gasteiger partial charge in [-0.2, -0.15) is 0 Å². The molecule has 0 aromatic rings. The number of nitrogens with two attached hydrogens (primary N) is 1. The van der Waals surface area contributed by atoms with E-state index in [1.807, 2.05) is 0 Å². The SMILES string of the molecule is CC1CCCC(N)(C(=O)NCC2CCS(=O)(=O)C2)C1. The lowest BCUT2D eigenvalue weighted by molar-refractivity contribution is -0.128. The standard InChI is InChI=1S/C13H24N2O3S/c1-10-3-2-5-13(14,7-10)12(16)15-8-11-4-6-19(17,18)9-11/h10-11H,2-9,14H2,1H3,(H,15,16). The van der Waals surface area contributed by atoms with Gasteiger partial charge in [-0.05, 0) is 31.1 Å². The zero-order valence-electron chi connectivity index (χ0n) is 11.5. The average Bonchev–Trinajstić information content (AvgIpc) is 2.65. The summed E-state index contributed by atoms with van der Waals surface area (Å²) in [5.41, 5.74) is 5.45. The molecule has 0 radical (unpaired) electrons. The van der Waals surface area contributed by atoms with E-state index in [4.69, 9.17) is 5.73 Å². The van der Waals surface area contributed by atoms with E-state index in [9.17, 15) is 13.2 Å². The van der Waals surface area contributed by atoms with E-state index in [0.29, 0.717) is 18.9 Å². The van der Waals surface area contributed by atoms with Crippen LogP contribution in [0.1, 0.15) is 39.0 Å². The molecule has 2 rings (SSSR count). The summed E-state index contributed by atoms with van der Waals surface area (Å²) in [6, 6.07) is 0. The van der Waals surface area contributed by atoms with Gasteiger partial charge in [0, 0.05) is 6.54 Å². The Morgan fingerprint density at radius 2 is 2.16 bits per heavy atom. The molecule has 5 nitrogen and oxygen atoms in total. The summed E-state index contributed by atoms with van der Waals surface area (Å²) < 4.78 is 22.7. The lowest BCUT2D eigenvalue weighted by atomic mass is 9.76. The molecule has 3 atom stereocenters. The van der Waals surface area contributed by atoms with E-state index >= 15 is 0 Å². The second kappa shape index (κ2) is 5.40. The Balaban J connectivity index is 1.84. The second-order valence-electron chi connectivity index (χ2n) is 6.34. The molecule has 110 valence electrons. The van der Waals surface area contributed by atoms with Gasteiger partial charge in [0.05, 0.1) is 17.0 Å². The molecule has 2 fully saturated rings. The second-order valence-corrected chi connectivity index (χ2v) is 8.57. The zero-order valence-corrected chi connectivity index (χ0v) is 12.3. The summed E-state index contributed by atoms with van der Waals surface area (Å²) in [5, 5.41) is 2.86. The van der Waals surface area contributed by atoms with E-state index in [0.717, 1.165) is 25.7 Å². The minimum atomic E-state index is -2.87. The Morgan fingerprint density at radius 1 is 1.42 bits per heavy atom. The maximum Gasteiger partial charge on any atom is 0.240 e. The first-order valence-corrected chi connectivity index (χ1v) is 8.90. The van der Waals surface area contributed by atoms with Crippen LogP contribution in [0.25, 0.3) is 0 Å². The lowest BCUT2D eigenvalue weighted by Gasteiger charge is -2.35. The largest absolute Gasteiger partial charge is 0.354 e. The predicted octanol–water partition coefficient (Wildman–Crippen LogP) is 0.445. The van der Waals surface area contributed by atoms with Crippen LogP contribution in [0.15, 0.2) is 0 Å². The molecule has 2 aliphatic rings. The number of rotatable bonds is 3. The van der Waals surface area contributed by atoms with Crippen molar-refractivity contribution in [1.82, 2.24) is 5.32 Å². The van der Waals surface area contributed by atoms with Crippen LogP contribution in [0.2, 0.25) is 0 Å². The highest BCUT2D eigenvalue weighted by molar-refractivity contribution is 7.91. The third-order valence-corrected chi connectivity index (χ3v) is 6.20. The Hall–Kier alpha value is -0.620. The quantitative estimate of drug-likeness (QED) is 0.789. The molecule has 3 unspecified atom stereocenters. The van der Waals surface area contributed by atoms with Crippen molar-refractivity contribution in [2.75, 3.05) is 18.1 Å². The van der Waals surface area contributed by atoms with Crippen LogP contribution in [0, 0.1) is 11.8 Å². The van der Waals surface area contributed by atoms with Gasteiger partial charge in [0.25, 0.3) is 0 Å². The van der Waals surface area contributed by atoms with E-state index < -0.39 is 15.4 Å². The smallest absolute Gasteiger partial charge is 0.240 e. The molecule has 0 aromatic heterocycles. The molecule has 0 spiro atoms. The normalized spacial score (nSPS) is 38.0. The molecule has 1 heterocycles. The molecule has 19 heavy (non-hydrogen) atoms. The van der Waals surface area contributed by atoms with Crippen LogP contribution in [-0.4, -0.2) is 37.9 Å². The van der Waals surface area contributed by atoms with Gasteiger partial charge < -0.3 is 11.1 Å². The Kier molecular flexibility index (Phi) is 4.20. The molecule has 1 amide bonds. The van der Waals surface area contributed by atoms with Gasteiger partial charge in [0.1, 0.15) is 0 Å². The monoisotopic (exact) mass is 288 g/mol. The molecule has 3 N–H and O–H groups in total. The van der Waals surface area contributed by atoms with E-state index in [2.05, 4.69) is 12.2 Å². The average molecular weight is 288 g/mol. The van der Waals surface area contributed by atoms with Gasteiger partial charge in [0.2, 0.25) is 5.91 Å². The molecule has 1 saturated carbocycles. The van der Waals surface area contributed by atoms with Crippen molar-refractivity contribution in [3.63, 3.8) is 0 Å².